The van der Waals surface area contributed by atoms with E-state index >= 15 is 0 Å². The predicted octanol–water partition coefficient (Wildman–Crippen LogP) is 3.08. The molecule has 0 saturated heterocycles. The zero-order valence-electron chi connectivity index (χ0n) is 13.9. The Labute approximate surface area is 145 Å². The van der Waals surface area contributed by atoms with E-state index in [-0.39, 0.29) is 16.7 Å². The molecule has 0 fully saturated rings. The van der Waals surface area contributed by atoms with Gasteiger partial charge in [-0.2, -0.15) is 0 Å². The zero-order chi connectivity index (χ0) is 17.1. The van der Waals surface area contributed by atoms with Crippen LogP contribution in [0.25, 0.3) is 0 Å². The third-order valence-electron chi connectivity index (χ3n) is 4.11. The molecule has 3 rings (SSSR count). The highest BCUT2D eigenvalue weighted by Crippen LogP contribution is 2.23. The molecule has 126 valence electrons. The van der Waals surface area contributed by atoms with Crippen LogP contribution >= 0.6 is 11.8 Å². The zero-order valence-corrected chi connectivity index (χ0v) is 14.7. The second kappa shape index (κ2) is 7.21. The number of hydrogen-bond acceptors (Lipinski definition) is 4. The maximum Gasteiger partial charge on any atom is 0.254 e. The fourth-order valence-electron chi connectivity index (χ4n) is 2.82. The molecule has 1 aromatic carbocycles. The maximum atomic E-state index is 12.4. The topological polar surface area (TPSA) is 74.8 Å². The summed E-state index contributed by atoms with van der Waals surface area (Å²) in [6.45, 7) is 3.80. The van der Waals surface area contributed by atoms with E-state index in [2.05, 4.69) is 15.3 Å². The Morgan fingerprint density at radius 1 is 1.33 bits per heavy atom. The van der Waals surface area contributed by atoms with E-state index in [0.717, 1.165) is 48.2 Å². The first-order chi connectivity index (χ1) is 11.5. The Kier molecular flexibility index (Phi) is 5.04. The van der Waals surface area contributed by atoms with Gasteiger partial charge in [0.15, 0.2) is 5.16 Å². The number of nitrogens with one attached hydrogen (secondary N) is 2. The summed E-state index contributed by atoms with van der Waals surface area (Å²) in [6, 6.07) is 7.68. The summed E-state index contributed by atoms with van der Waals surface area (Å²) in [4.78, 5) is 31.9. The number of fused-ring (bicyclic) bond motifs is 1. The van der Waals surface area contributed by atoms with E-state index < -0.39 is 0 Å². The molecule has 0 saturated carbocycles. The Balaban J connectivity index is 1.70. The van der Waals surface area contributed by atoms with Gasteiger partial charge < -0.3 is 10.3 Å². The number of H-pyrrole nitrogens is 1. The van der Waals surface area contributed by atoms with Crippen molar-refractivity contribution in [2.75, 3.05) is 5.32 Å². The van der Waals surface area contributed by atoms with Crippen LogP contribution in [0.4, 0.5) is 5.69 Å². The van der Waals surface area contributed by atoms with Gasteiger partial charge in [-0.15, -0.1) is 0 Å². The molecule has 1 unspecified atom stereocenters. The smallest absolute Gasteiger partial charge is 0.254 e. The molecule has 2 aromatic rings. The fraction of sp³-hybridized carbons (Fsp3) is 0.389. The number of hydrogen-bond donors (Lipinski definition) is 2. The molecule has 6 heteroatoms. The van der Waals surface area contributed by atoms with Crippen molar-refractivity contribution in [1.82, 2.24) is 9.97 Å². The SMILES string of the molecule is Cc1cccc(NC(=O)C(C)Sc2nc3c(c(=O)[nH]2)CCCC3)c1. The summed E-state index contributed by atoms with van der Waals surface area (Å²) >= 11 is 1.28. The number of nitrogens with zero attached hydrogens (tertiary/aromatic N) is 1. The van der Waals surface area contributed by atoms with Crippen molar-refractivity contribution >= 4 is 23.4 Å². The molecule has 0 radical (unpaired) electrons. The first-order valence-electron chi connectivity index (χ1n) is 8.19. The average molecular weight is 343 g/mol. The molecule has 1 aromatic heterocycles. The van der Waals surface area contributed by atoms with E-state index in [1.165, 1.54) is 11.8 Å². The summed E-state index contributed by atoms with van der Waals surface area (Å²) in [7, 11) is 0. The molecule has 24 heavy (non-hydrogen) atoms. The monoisotopic (exact) mass is 343 g/mol. The van der Waals surface area contributed by atoms with Crippen LogP contribution in [0.1, 0.15) is 36.6 Å². The van der Waals surface area contributed by atoms with Gasteiger partial charge in [0.25, 0.3) is 5.56 Å². The van der Waals surface area contributed by atoms with Crippen LogP contribution in [-0.4, -0.2) is 21.1 Å². The van der Waals surface area contributed by atoms with Crippen LogP contribution in [0.5, 0.6) is 0 Å². The van der Waals surface area contributed by atoms with Crippen molar-refractivity contribution in [3.63, 3.8) is 0 Å². The lowest BCUT2D eigenvalue weighted by Gasteiger charge is -2.16. The lowest BCUT2D eigenvalue weighted by molar-refractivity contribution is -0.115. The first-order valence-corrected chi connectivity index (χ1v) is 9.07. The first kappa shape index (κ1) is 16.8. The largest absolute Gasteiger partial charge is 0.325 e. The molecule has 1 amide bonds. The van der Waals surface area contributed by atoms with Gasteiger partial charge in [-0.1, -0.05) is 23.9 Å². The second-order valence-corrected chi connectivity index (χ2v) is 7.45. The molecule has 1 atom stereocenters. The number of carbonyl (C=O) groups is 1. The Morgan fingerprint density at radius 3 is 2.92 bits per heavy atom. The molecule has 1 heterocycles. The summed E-state index contributed by atoms with van der Waals surface area (Å²) in [5.41, 5.74) is 3.50. The number of amides is 1. The lowest BCUT2D eigenvalue weighted by Crippen LogP contribution is -2.25. The number of carbonyl (C=O) groups excluding carboxylic acids is 1. The van der Waals surface area contributed by atoms with Gasteiger partial charge >= 0.3 is 0 Å². The molecule has 1 aliphatic rings. The van der Waals surface area contributed by atoms with Gasteiger partial charge in [0, 0.05) is 11.3 Å². The number of benzene rings is 1. The van der Waals surface area contributed by atoms with E-state index in [4.69, 9.17) is 0 Å². The summed E-state index contributed by atoms with van der Waals surface area (Å²) < 4.78 is 0. The van der Waals surface area contributed by atoms with Crippen molar-refractivity contribution in [2.45, 2.75) is 49.9 Å². The second-order valence-electron chi connectivity index (χ2n) is 6.12. The van der Waals surface area contributed by atoms with Gasteiger partial charge in [0.2, 0.25) is 5.91 Å². The van der Waals surface area contributed by atoms with Crippen molar-refractivity contribution < 1.29 is 4.79 Å². The molecular formula is C18H21N3O2S. The summed E-state index contributed by atoms with van der Waals surface area (Å²) in [5.74, 6) is -0.106. The standard InChI is InChI=1S/C18H21N3O2S/c1-11-6-5-7-13(10-11)19-16(22)12(2)24-18-20-15-9-4-3-8-14(15)17(23)21-18/h5-7,10,12H,3-4,8-9H2,1-2H3,(H,19,22)(H,20,21,23). The van der Waals surface area contributed by atoms with Gasteiger partial charge in [0.05, 0.1) is 10.9 Å². The lowest BCUT2D eigenvalue weighted by atomic mass is 9.97. The van der Waals surface area contributed by atoms with E-state index in [0.29, 0.717) is 5.16 Å². The van der Waals surface area contributed by atoms with Crippen LogP contribution in [0, 0.1) is 6.92 Å². The van der Waals surface area contributed by atoms with Crippen molar-refractivity contribution in [1.29, 1.82) is 0 Å². The predicted molar refractivity (Wildman–Crippen MR) is 96.6 cm³/mol. The van der Waals surface area contributed by atoms with E-state index in [1.54, 1.807) is 0 Å². The normalized spacial score (nSPS) is 14.8. The molecule has 0 aliphatic heterocycles. The minimum atomic E-state index is -0.352. The van der Waals surface area contributed by atoms with Gasteiger partial charge in [-0.3, -0.25) is 9.59 Å². The van der Waals surface area contributed by atoms with Crippen LogP contribution in [0.15, 0.2) is 34.2 Å². The Morgan fingerprint density at radius 2 is 2.12 bits per heavy atom. The van der Waals surface area contributed by atoms with Crippen molar-refractivity contribution in [2.24, 2.45) is 0 Å². The minimum absolute atomic E-state index is 0.0616. The quantitative estimate of drug-likeness (QED) is 0.661. The van der Waals surface area contributed by atoms with E-state index in [9.17, 15) is 9.59 Å². The third kappa shape index (κ3) is 3.87. The minimum Gasteiger partial charge on any atom is -0.325 e. The average Bonchev–Trinajstić information content (AvgIpc) is 2.55. The number of aromatic amines is 1. The molecule has 0 spiro atoms. The molecule has 2 N–H and O–H groups in total. The molecule has 0 bridgehead atoms. The Bertz CT molecular complexity index is 816. The summed E-state index contributed by atoms with van der Waals surface area (Å²) in [5, 5.41) is 3.07. The maximum absolute atomic E-state index is 12.4. The van der Waals surface area contributed by atoms with Crippen LogP contribution in [0.3, 0.4) is 0 Å². The highest BCUT2D eigenvalue weighted by atomic mass is 32.2. The Hall–Kier alpha value is -2.08. The van der Waals surface area contributed by atoms with Crippen LogP contribution in [-0.2, 0) is 17.6 Å². The molecule has 5 nitrogen and oxygen atoms in total. The van der Waals surface area contributed by atoms with Gasteiger partial charge in [0.1, 0.15) is 0 Å². The van der Waals surface area contributed by atoms with Crippen molar-refractivity contribution in [3.8, 4) is 0 Å². The number of rotatable bonds is 4. The van der Waals surface area contributed by atoms with Gasteiger partial charge in [-0.25, -0.2) is 4.98 Å². The highest BCUT2D eigenvalue weighted by molar-refractivity contribution is 8.00. The fourth-order valence-corrected chi connectivity index (χ4v) is 3.64. The van der Waals surface area contributed by atoms with Crippen molar-refractivity contribution in [3.05, 3.63) is 51.4 Å². The number of anilines is 1. The number of thioether (sulfide) groups is 1. The number of aryl methyl sites for hydroxylation is 2. The van der Waals surface area contributed by atoms with Crippen LogP contribution in [0.2, 0.25) is 0 Å². The highest BCUT2D eigenvalue weighted by Gasteiger charge is 2.19. The third-order valence-corrected chi connectivity index (χ3v) is 5.10. The number of aromatic nitrogens is 2. The van der Waals surface area contributed by atoms with Gasteiger partial charge in [-0.05, 0) is 57.2 Å². The molecule has 1 aliphatic carbocycles. The summed E-state index contributed by atoms with van der Waals surface area (Å²) in [6.07, 6.45) is 3.75. The van der Waals surface area contributed by atoms with E-state index in [1.807, 2.05) is 38.1 Å². The molecular weight excluding hydrogens is 322 g/mol. The van der Waals surface area contributed by atoms with Crippen LogP contribution < -0.4 is 10.9 Å².